The number of nitrogens with zero attached hydrogens (tertiary/aromatic N) is 3. The van der Waals surface area contributed by atoms with Crippen molar-refractivity contribution < 1.29 is 4.79 Å². The Balaban J connectivity index is 1.78. The average Bonchev–Trinajstić information content (AvgIpc) is 2.98. The van der Waals surface area contributed by atoms with E-state index in [0.29, 0.717) is 24.3 Å². The number of hydrogen-bond acceptors (Lipinski definition) is 4. The third kappa shape index (κ3) is 2.52. The Morgan fingerprint density at radius 2 is 1.78 bits per heavy atom. The summed E-state index contributed by atoms with van der Waals surface area (Å²) < 4.78 is 1.03. The van der Waals surface area contributed by atoms with Gasteiger partial charge in [0, 0.05) is 22.0 Å². The van der Waals surface area contributed by atoms with Crippen LogP contribution in [0, 0.1) is 3.57 Å². The van der Waals surface area contributed by atoms with Crippen LogP contribution < -0.4 is 5.73 Å². The maximum Gasteiger partial charge on any atom is 0.273 e. The molecular weight excluding hydrogens is 403 g/mol. The molecule has 0 radical (unpaired) electrons. The minimum atomic E-state index is -0.109. The third-order valence-corrected chi connectivity index (χ3v) is 4.68. The van der Waals surface area contributed by atoms with Gasteiger partial charge in [-0.2, -0.15) is 0 Å². The van der Waals surface area contributed by atoms with Gasteiger partial charge in [0.25, 0.3) is 5.91 Å². The van der Waals surface area contributed by atoms with E-state index >= 15 is 0 Å². The number of amides is 1. The van der Waals surface area contributed by atoms with Crippen molar-refractivity contribution in [3.8, 4) is 0 Å². The molecule has 0 saturated carbocycles. The maximum absolute atomic E-state index is 13.0. The van der Waals surface area contributed by atoms with Crippen molar-refractivity contribution in [3.05, 3.63) is 62.9 Å². The maximum atomic E-state index is 13.0. The number of aromatic nitrogens is 2. The van der Waals surface area contributed by atoms with Crippen molar-refractivity contribution in [2.45, 2.75) is 13.1 Å². The smallest absolute Gasteiger partial charge is 0.273 e. The van der Waals surface area contributed by atoms with Gasteiger partial charge in [-0.3, -0.25) is 4.79 Å². The first kappa shape index (κ1) is 14.4. The highest BCUT2D eigenvalue weighted by molar-refractivity contribution is 14.1. The van der Waals surface area contributed by atoms with Crippen LogP contribution in [-0.2, 0) is 13.1 Å². The number of fused-ring (bicyclic) bond motifs is 2. The van der Waals surface area contributed by atoms with Crippen molar-refractivity contribution >= 4 is 45.3 Å². The van der Waals surface area contributed by atoms with Gasteiger partial charge in [-0.15, -0.1) is 0 Å². The van der Waals surface area contributed by atoms with Crippen LogP contribution in [-0.4, -0.2) is 20.8 Å². The molecule has 4 rings (SSSR count). The minimum Gasteiger partial charge on any atom is -0.368 e. The lowest BCUT2D eigenvalue weighted by atomic mass is 10.1. The fourth-order valence-corrected chi connectivity index (χ4v) is 3.40. The molecule has 1 amide bonds. The number of rotatable bonds is 1. The van der Waals surface area contributed by atoms with Crippen LogP contribution in [0.1, 0.15) is 21.6 Å². The molecule has 23 heavy (non-hydrogen) atoms. The Morgan fingerprint density at radius 1 is 1.09 bits per heavy atom. The van der Waals surface area contributed by atoms with E-state index in [1.807, 2.05) is 30.3 Å². The van der Waals surface area contributed by atoms with E-state index in [2.05, 4.69) is 44.7 Å². The number of nitrogen functional groups attached to an aromatic ring is 1. The van der Waals surface area contributed by atoms with Crippen LogP contribution in [0.15, 0.2) is 42.5 Å². The zero-order valence-corrected chi connectivity index (χ0v) is 14.3. The highest BCUT2D eigenvalue weighted by Gasteiger charge is 2.26. The fourth-order valence-electron chi connectivity index (χ4n) is 2.91. The molecule has 0 bridgehead atoms. The van der Waals surface area contributed by atoms with Crippen molar-refractivity contribution in [1.29, 1.82) is 0 Å². The van der Waals surface area contributed by atoms with Crippen molar-refractivity contribution in [1.82, 2.24) is 14.9 Å². The van der Waals surface area contributed by atoms with E-state index in [0.717, 1.165) is 8.96 Å². The van der Waals surface area contributed by atoms with Crippen LogP contribution >= 0.6 is 22.6 Å². The van der Waals surface area contributed by atoms with E-state index in [1.165, 1.54) is 11.1 Å². The van der Waals surface area contributed by atoms with Gasteiger partial charge in [-0.1, -0.05) is 24.3 Å². The van der Waals surface area contributed by atoms with Crippen LogP contribution in [0.4, 0.5) is 5.95 Å². The van der Waals surface area contributed by atoms with Crippen molar-refractivity contribution in [2.75, 3.05) is 5.73 Å². The van der Waals surface area contributed by atoms with Gasteiger partial charge in [0.15, 0.2) is 0 Å². The molecule has 114 valence electrons. The Kier molecular flexibility index (Phi) is 3.41. The highest BCUT2D eigenvalue weighted by Crippen LogP contribution is 2.26. The number of benzene rings is 2. The lowest BCUT2D eigenvalue weighted by molar-refractivity contribution is 0.0747. The predicted molar refractivity (Wildman–Crippen MR) is 96.7 cm³/mol. The number of hydrogen-bond donors (Lipinski definition) is 1. The summed E-state index contributed by atoms with van der Waals surface area (Å²) in [7, 11) is 0. The second kappa shape index (κ2) is 5.45. The molecule has 2 N–H and O–H groups in total. The first-order valence-electron chi connectivity index (χ1n) is 7.20. The fraction of sp³-hybridized carbons (Fsp3) is 0.118. The van der Waals surface area contributed by atoms with Crippen LogP contribution in [0.5, 0.6) is 0 Å². The normalized spacial score (nSPS) is 13.3. The summed E-state index contributed by atoms with van der Waals surface area (Å²) in [5.41, 5.74) is 9.22. The molecular formula is C17H13IN4O. The minimum absolute atomic E-state index is 0.109. The average molecular weight is 416 g/mol. The molecule has 0 saturated heterocycles. The zero-order valence-electron chi connectivity index (χ0n) is 12.2. The summed E-state index contributed by atoms with van der Waals surface area (Å²) in [6.45, 7) is 1.20. The number of nitrogens with two attached hydrogens (primary N) is 1. The summed E-state index contributed by atoms with van der Waals surface area (Å²) in [6, 6.07) is 13.8. The van der Waals surface area contributed by atoms with E-state index in [9.17, 15) is 4.79 Å². The standard InChI is InChI=1S/C17H13IN4O/c18-12-5-6-14-13(7-12)15(21-17(19)20-14)16(23)22-8-10-3-1-2-4-11(10)9-22/h1-7H,8-9H2,(H2,19,20,21). The number of carbonyl (C=O) groups is 1. The van der Waals surface area contributed by atoms with Gasteiger partial charge in [0.2, 0.25) is 5.95 Å². The molecule has 0 fully saturated rings. The van der Waals surface area contributed by atoms with E-state index in [4.69, 9.17) is 5.73 Å². The summed E-state index contributed by atoms with van der Waals surface area (Å²) in [6.07, 6.45) is 0. The van der Waals surface area contributed by atoms with Gasteiger partial charge >= 0.3 is 0 Å². The molecule has 0 atom stereocenters. The molecule has 1 aliphatic heterocycles. The third-order valence-electron chi connectivity index (χ3n) is 4.01. The van der Waals surface area contributed by atoms with E-state index < -0.39 is 0 Å². The Morgan fingerprint density at radius 3 is 2.48 bits per heavy atom. The van der Waals surface area contributed by atoms with Crippen molar-refractivity contribution in [3.63, 3.8) is 0 Å². The number of halogens is 1. The Labute approximate surface area is 146 Å². The lowest BCUT2D eigenvalue weighted by Gasteiger charge is -2.16. The molecule has 0 unspecified atom stereocenters. The Hall–Kier alpha value is -2.22. The molecule has 0 spiro atoms. The Bertz CT molecular complexity index is 916. The molecule has 3 aromatic rings. The SMILES string of the molecule is Nc1nc(C(=O)N2Cc3ccccc3C2)c2cc(I)ccc2n1. The summed E-state index contributed by atoms with van der Waals surface area (Å²) in [4.78, 5) is 23.2. The quantitative estimate of drug-likeness (QED) is 0.620. The van der Waals surface area contributed by atoms with Gasteiger partial charge in [-0.05, 0) is 51.9 Å². The summed E-state index contributed by atoms with van der Waals surface area (Å²) in [5, 5.41) is 0.743. The number of carbonyl (C=O) groups excluding carboxylic acids is 1. The molecule has 2 heterocycles. The highest BCUT2D eigenvalue weighted by atomic mass is 127. The largest absolute Gasteiger partial charge is 0.368 e. The molecule has 6 heteroatoms. The molecule has 1 aliphatic rings. The van der Waals surface area contributed by atoms with E-state index in [1.54, 1.807) is 4.90 Å². The van der Waals surface area contributed by atoms with Crippen LogP contribution in [0.3, 0.4) is 0 Å². The van der Waals surface area contributed by atoms with Crippen LogP contribution in [0.2, 0.25) is 0 Å². The lowest BCUT2D eigenvalue weighted by Crippen LogP contribution is -2.27. The monoisotopic (exact) mass is 416 g/mol. The van der Waals surface area contributed by atoms with Gasteiger partial charge in [0.1, 0.15) is 5.69 Å². The first-order valence-corrected chi connectivity index (χ1v) is 8.28. The molecule has 5 nitrogen and oxygen atoms in total. The van der Waals surface area contributed by atoms with E-state index in [-0.39, 0.29) is 11.9 Å². The molecule has 0 aliphatic carbocycles. The van der Waals surface area contributed by atoms with Gasteiger partial charge in [-0.25, -0.2) is 9.97 Å². The summed E-state index contributed by atoms with van der Waals surface area (Å²) in [5.74, 6) is 0.0149. The van der Waals surface area contributed by atoms with Gasteiger partial charge in [0.05, 0.1) is 5.52 Å². The predicted octanol–water partition coefficient (Wildman–Crippen LogP) is 2.97. The second-order valence-corrected chi connectivity index (χ2v) is 6.77. The summed E-state index contributed by atoms with van der Waals surface area (Å²) >= 11 is 2.21. The van der Waals surface area contributed by atoms with Crippen molar-refractivity contribution in [2.24, 2.45) is 0 Å². The molecule has 2 aromatic carbocycles. The van der Waals surface area contributed by atoms with Crippen LogP contribution in [0.25, 0.3) is 10.9 Å². The second-order valence-electron chi connectivity index (χ2n) is 5.52. The number of anilines is 1. The molecule has 1 aromatic heterocycles. The zero-order chi connectivity index (χ0) is 16.0. The van der Waals surface area contributed by atoms with Gasteiger partial charge < -0.3 is 10.6 Å². The topological polar surface area (TPSA) is 72.1 Å². The first-order chi connectivity index (χ1) is 11.1.